The molecule has 2 rings (SSSR count). The number of ether oxygens (including phenoxy) is 1. The normalized spacial score (nSPS) is 20.9. The lowest BCUT2D eigenvalue weighted by Gasteiger charge is -2.30. The summed E-state index contributed by atoms with van der Waals surface area (Å²) in [7, 11) is 0. The molecular formula is C12H19F3N4O2. The Morgan fingerprint density at radius 2 is 2.24 bits per heavy atom. The van der Waals surface area contributed by atoms with Crippen LogP contribution in [0.15, 0.2) is 4.52 Å². The Balaban J connectivity index is 1.84. The van der Waals surface area contributed by atoms with Crippen molar-refractivity contribution in [1.82, 2.24) is 20.4 Å². The number of hydrogen-bond acceptors (Lipinski definition) is 6. The summed E-state index contributed by atoms with van der Waals surface area (Å²) in [5.74, 6) is 0.519. The van der Waals surface area contributed by atoms with E-state index in [9.17, 15) is 13.2 Å². The molecule has 0 amide bonds. The molecule has 0 aromatic carbocycles. The lowest BCUT2D eigenvalue weighted by atomic mass is 10.2. The lowest BCUT2D eigenvalue weighted by molar-refractivity contribution is -0.125. The number of morpholine rings is 1. The molecule has 2 heterocycles. The fraction of sp³-hybridized carbons (Fsp3) is 0.833. The van der Waals surface area contributed by atoms with Gasteiger partial charge in [-0.15, -0.1) is 0 Å². The molecule has 1 atom stereocenters. The van der Waals surface area contributed by atoms with Gasteiger partial charge in [0, 0.05) is 13.1 Å². The Morgan fingerprint density at radius 1 is 1.43 bits per heavy atom. The quantitative estimate of drug-likeness (QED) is 0.859. The third-order valence-corrected chi connectivity index (χ3v) is 3.06. The van der Waals surface area contributed by atoms with Gasteiger partial charge in [0.1, 0.15) is 6.10 Å². The van der Waals surface area contributed by atoms with Crippen LogP contribution >= 0.6 is 0 Å². The second kappa shape index (κ2) is 7.19. The zero-order valence-electron chi connectivity index (χ0n) is 11.8. The van der Waals surface area contributed by atoms with E-state index >= 15 is 0 Å². The van der Waals surface area contributed by atoms with Crippen molar-refractivity contribution in [1.29, 1.82) is 0 Å². The van der Waals surface area contributed by atoms with Crippen LogP contribution in [0.2, 0.25) is 0 Å². The Bertz CT molecular complexity index is 436. The van der Waals surface area contributed by atoms with E-state index in [1.807, 2.05) is 0 Å². The predicted molar refractivity (Wildman–Crippen MR) is 67.5 cm³/mol. The Morgan fingerprint density at radius 3 is 2.95 bits per heavy atom. The van der Waals surface area contributed by atoms with E-state index in [-0.39, 0.29) is 18.5 Å². The van der Waals surface area contributed by atoms with E-state index < -0.39 is 12.7 Å². The van der Waals surface area contributed by atoms with Crippen LogP contribution in [0.1, 0.15) is 31.2 Å². The van der Waals surface area contributed by atoms with Crippen LogP contribution in [-0.2, 0) is 11.3 Å². The largest absolute Gasteiger partial charge is 0.401 e. The van der Waals surface area contributed by atoms with Gasteiger partial charge in [-0.25, -0.2) is 0 Å². The third kappa shape index (κ3) is 5.25. The highest BCUT2D eigenvalue weighted by molar-refractivity contribution is 4.94. The van der Waals surface area contributed by atoms with Crippen LogP contribution in [0.3, 0.4) is 0 Å². The maximum atomic E-state index is 12.0. The van der Waals surface area contributed by atoms with Gasteiger partial charge >= 0.3 is 6.18 Å². The van der Waals surface area contributed by atoms with E-state index in [1.54, 1.807) is 0 Å². The van der Waals surface area contributed by atoms with E-state index in [0.29, 0.717) is 19.0 Å². The first-order valence-corrected chi connectivity index (χ1v) is 6.92. The molecule has 0 bridgehead atoms. The van der Waals surface area contributed by atoms with Crippen LogP contribution in [0, 0.1) is 0 Å². The highest BCUT2D eigenvalue weighted by Gasteiger charge is 2.28. The molecule has 1 aromatic rings. The molecule has 6 nitrogen and oxygen atoms in total. The average molecular weight is 308 g/mol. The van der Waals surface area contributed by atoms with Gasteiger partial charge in [0.2, 0.25) is 11.7 Å². The lowest BCUT2D eigenvalue weighted by Crippen LogP contribution is -2.39. The Hall–Kier alpha value is -1.19. The zero-order chi connectivity index (χ0) is 15.3. The van der Waals surface area contributed by atoms with Gasteiger partial charge < -0.3 is 14.6 Å². The molecule has 1 aromatic heterocycles. The molecule has 9 heteroatoms. The van der Waals surface area contributed by atoms with Crippen molar-refractivity contribution in [2.45, 2.75) is 32.2 Å². The molecule has 1 fully saturated rings. The highest BCUT2D eigenvalue weighted by atomic mass is 19.4. The van der Waals surface area contributed by atoms with Crippen molar-refractivity contribution >= 4 is 0 Å². The average Bonchev–Trinajstić information content (AvgIpc) is 2.87. The van der Waals surface area contributed by atoms with Crippen molar-refractivity contribution in [3.05, 3.63) is 11.7 Å². The number of hydrogen-bond donors (Lipinski definition) is 1. The van der Waals surface area contributed by atoms with Crippen LogP contribution in [0.4, 0.5) is 13.2 Å². The summed E-state index contributed by atoms with van der Waals surface area (Å²) in [6.45, 7) is 3.99. The SMILES string of the molecule is CCCN1CCOC(c2noc(CNCC(F)(F)F)n2)C1. The summed E-state index contributed by atoms with van der Waals surface area (Å²) in [6.07, 6.45) is -3.49. The molecule has 0 saturated carbocycles. The van der Waals surface area contributed by atoms with Crippen LogP contribution in [-0.4, -0.2) is 54.0 Å². The number of nitrogens with zero attached hydrogens (tertiary/aromatic N) is 3. The van der Waals surface area contributed by atoms with E-state index in [0.717, 1.165) is 19.5 Å². The van der Waals surface area contributed by atoms with Crippen molar-refractivity contribution in [2.24, 2.45) is 0 Å². The summed E-state index contributed by atoms with van der Waals surface area (Å²) in [4.78, 5) is 6.33. The van der Waals surface area contributed by atoms with Crippen molar-refractivity contribution in [3.8, 4) is 0 Å². The predicted octanol–water partition coefficient (Wildman–Crippen LogP) is 1.50. The van der Waals surface area contributed by atoms with Crippen molar-refractivity contribution < 1.29 is 22.4 Å². The standard InChI is InChI=1S/C12H19F3N4O2/c1-2-3-19-4-5-20-9(7-19)11-17-10(21-18-11)6-16-8-12(13,14)15/h9,16H,2-8H2,1H3. The van der Waals surface area contributed by atoms with Crippen molar-refractivity contribution in [2.75, 3.05) is 32.8 Å². The molecule has 0 radical (unpaired) electrons. The van der Waals surface area contributed by atoms with Gasteiger partial charge in [-0.3, -0.25) is 4.90 Å². The van der Waals surface area contributed by atoms with Gasteiger partial charge in [-0.2, -0.15) is 18.2 Å². The molecule has 1 aliphatic heterocycles. The molecule has 120 valence electrons. The first-order valence-electron chi connectivity index (χ1n) is 6.92. The number of halogens is 3. The fourth-order valence-corrected chi connectivity index (χ4v) is 2.16. The van der Waals surface area contributed by atoms with Gasteiger partial charge in [0.05, 0.1) is 19.7 Å². The van der Waals surface area contributed by atoms with E-state index in [2.05, 4.69) is 27.3 Å². The summed E-state index contributed by atoms with van der Waals surface area (Å²) >= 11 is 0. The topological polar surface area (TPSA) is 63.4 Å². The Labute approximate surface area is 120 Å². The number of nitrogens with one attached hydrogen (secondary N) is 1. The fourth-order valence-electron chi connectivity index (χ4n) is 2.16. The molecule has 21 heavy (non-hydrogen) atoms. The second-order valence-corrected chi connectivity index (χ2v) is 4.93. The number of alkyl halides is 3. The maximum Gasteiger partial charge on any atom is 0.401 e. The molecule has 0 aliphatic carbocycles. The van der Waals surface area contributed by atoms with Crippen LogP contribution in [0.5, 0.6) is 0 Å². The van der Waals surface area contributed by atoms with Crippen molar-refractivity contribution in [3.63, 3.8) is 0 Å². The summed E-state index contributed by atoms with van der Waals surface area (Å²) in [5.41, 5.74) is 0. The highest BCUT2D eigenvalue weighted by Crippen LogP contribution is 2.20. The molecule has 1 aliphatic rings. The van der Waals surface area contributed by atoms with Gasteiger partial charge in [-0.05, 0) is 13.0 Å². The first-order chi connectivity index (χ1) is 9.98. The second-order valence-electron chi connectivity index (χ2n) is 4.93. The Kier molecular flexibility index (Phi) is 5.54. The zero-order valence-corrected chi connectivity index (χ0v) is 11.8. The summed E-state index contributed by atoms with van der Waals surface area (Å²) in [6, 6.07) is 0. The van der Waals surface area contributed by atoms with Gasteiger partial charge in [0.15, 0.2) is 0 Å². The van der Waals surface area contributed by atoms with Crippen LogP contribution < -0.4 is 5.32 Å². The molecule has 1 unspecified atom stereocenters. The third-order valence-electron chi connectivity index (χ3n) is 3.06. The van der Waals surface area contributed by atoms with Gasteiger partial charge in [0.25, 0.3) is 0 Å². The molecule has 1 saturated heterocycles. The summed E-state index contributed by atoms with van der Waals surface area (Å²) < 4.78 is 46.6. The van der Waals surface area contributed by atoms with E-state index in [1.165, 1.54) is 0 Å². The number of aromatic nitrogens is 2. The minimum absolute atomic E-state index is 0.113. The van der Waals surface area contributed by atoms with Gasteiger partial charge in [-0.1, -0.05) is 12.1 Å². The van der Waals surface area contributed by atoms with E-state index in [4.69, 9.17) is 9.26 Å². The monoisotopic (exact) mass is 308 g/mol. The minimum atomic E-state index is -4.25. The smallest absolute Gasteiger partial charge is 0.367 e. The maximum absolute atomic E-state index is 12.0. The molecule has 1 N–H and O–H groups in total. The minimum Gasteiger partial charge on any atom is -0.367 e. The number of rotatable bonds is 6. The summed E-state index contributed by atoms with van der Waals surface area (Å²) in [5, 5.41) is 6.00. The van der Waals surface area contributed by atoms with Crippen LogP contribution in [0.25, 0.3) is 0 Å². The molecular weight excluding hydrogens is 289 g/mol. The first kappa shape index (κ1) is 16.2. The molecule has 0 spiro atoms.